The molecule has 3 rings (SSSR count). The maximum absolute atomic E-state index is 12.1. The van der Waals surface area contributed by atoms with E-state index in [4.69, 9.17) is 0 Å². The summed E-state index contributed by atoms with van der Waals surface area (Å²) in [5.74, 6) is -0.195. The number of rotatable bonds is 4. The summed E-state index contributed by atoms with van der Waals surface area (Å²) >= 11 is 2.17. The van der Waals surface area contributed by atoms with Crippen LogP contribution in [0.15, 0.2) is 58.1 Å². The van der Waals surface area contributed by atoms with E-state index in [0.29, 0.717) is 16.6 Å². The van der Waals surface area contributed by atoms with Gasteiger partial charge in [0.1, 0.15) is 0 Å². The molecule has 0 aliphatic heterocycles. The molecule has 0 atom stereocenters. The first kappa shape index (κ1) is 16.4. The fourth-order valence-corrected chi connectivity index (χ4v) is 3.01. The number of amides is 1. The van der Waals surface area contributed by atoms with Crippen LogP contribution in [0.5, 0.6) is 0 Å². The van der Waals surface area contributed by atoms with Gasteiger partial charge in [0.05, 0.1) is 10.9 Å². The number of aryl methyl sites for hydroxylation is 1. The second-order valence-electron chi connectivity index (χ2n) is 5.24. The predicted octanol–water partition coefficient (Wildman–Crippen LogP) is 2.32. The van der Waals surface area contributed by atoms with Gasteiger partial charge in [-0.3, -0.25) is 19.1 Å². The molecule has 0 saturated heterocycles. The van der Waals surface area contributed by atoms with Gasteiger partial charge in [0.25, 0.3) is 5.56 Å². The van der Waals surface area contributed by atoms with Gasteiger partial charge in [-0.25, -0.2) is 4.79 Å². The van der Waals surface area contributed by atoms with E-state index in [1.807, 2.05) is 24.3 Å². The van der Waals surface area contributed by atoms with Crippen molar-refractivity contribution < 1.29 is 4.79 Å². The van der Waals surface area contributed by atoms with Crippen LogP contribution in [0.1, 0.15) is 6.42 Å². The molecule has 24 heavy (non-hydrogen) atoms. The highest BCUT2D eigenvalue weighted by Gasteiger charge is 2.09. The third-order valence-corrected chi connectivity index (χ3v) is 4.25. The number of aromatic nitrogens is 2. The third kappa shape index (κ3) is 3.56. The number of nitrogens with one attached hydrogen (secondary N) is 2. The molecule has 2 N–H and O–H groups in total. The number of H-pyrrole nitrogens is 1. The van der Waals surface area contributed by atoms with Gasteiger partial charge in [0.15, 0.2) is 0 Å². The lowest BCUT2D eigenvalue weighted by molar-refractivity contribution is -0.116. The fraction of sp³-hybridized carbons (Fsp3) is 0.118. The first-order valence-electron chi connectivity index (χ1n) is 7.32. The van der Waals surface area contributed by atoms with Crippen molar-refractivity contribution in [3.05, 3.63) is 72.9 Å². The van der Waals surface area contributed by atoms with Crippen LogP contribution < -0.4 is 16.6 Å². The molecular weight excluding hydrogens is 421 g/mol. The highest BCUT2D eigenvalue weighted by molar-refractivity contribution is 14.1. The molecule has 122 valence electrons. The van der Waals surface area contributed by atoms with Crippen molar-refractivity contribution in [3.8, 4) is 0 Å². The smallest absolute Gasteiger partial charge is 0.326 e. The summed E-state index contributed by atoms with van der Waals surface area (Å²) in [4.78, 5) is 38.3. The molecule has 1 aromatic heterocycles. The highest BCUT2D eigenvalue weighted by atomic mass is 127. The minimum absolute atomic E-state index is 0.126. The van der Waals surface area contributed by atoms with Gasteiger partial charge < -0.3 is 5.32 Å². The predicted molar refractivity (Wildman–Crippen MR) is 101 cm³/mol. The first-order valence-corrected chi connectivity index (χ1v) is 8.40. The van der Waals surface area contributed by atoms with E-state index >= 15 is 0 Å². The number of hydrogen-bond donors (Lipinski definition) is 2. The van der Waals surface area contributed by atoms with Gasteiger partial charge in [-0.2, -0.15) is 0 Å². The van der Waals surface area contributed by atoms with Crippen LogP contribution >= 0.6 is 22.6 Å². The number of anilines is 1. The number of hydrogen-bond acceptors (Lipinski definition) is 3. The summed E-state index contributed by atoms with van der Waals surface area (Å²) in [6.45, 7) is 0.186. The van der Waals surface area contributed by atoms with E-state index in [-0.39, 0.29) is 18.9 Å². The molecule has 2 aromatic carbocycles. The number of halogens is 1. The van der Waals surface area contributed by atoms with Crippen LogP contribution in [0.2, 0.25) is 0 Å². The standard InChI is InChI=1S/C17H14IN3O3/c18-11-4-3-5-12(10-11)19-15(22)8-9-21-14-7-2-1-6-13(14)16(23)20-17(21)24/h1-7,10H,8-9H2,(H,19,22)(H,20,23,24). The van der Waals surface area contributed by atoms with Gasteiger partial charge in [-0.1, -0.05) is 18.2 Å². The molecule has 0 spiro atoms. The molecule has 1 amide bonds. The lowest BCUT2D eigenvalue weighted by Crippen LogP contribution is -2.31. The quantitative estimate of drug-likeness (QED) is 0.618. The number of carbonyl (C=O) groups is 1. The Morgan fingerprint density at radius 2 is 1.92 bits per heavy atom. The molecule has 0 fully saturated rings. The van der Waals surface area contributed by atoms with Gasteiger partial charge >= 0.3 is 5.69 Å². The average Bonchev–Trinajstić information content (AvgIpc) is 2.54. The summed E-state index contributed by atoms with van der Waals surface area (Å²) in [5, 5.41) is 3.23. The second kappa shape index (κ2) is 7.00. The Morgan fingerprint density at radius 1 is 1.12 bits per heavy atom. The van der Waals surface area contributed by atoms with Crippen molar-refractivity contribution in [3.63, 3.8) is 0 Å². The fourth-order valence-electron chi connectivity index (χ4n) is 2.47. The van der Waals surface area contributed by atoms with Gasteiger partial charge in [-0.15, -0.1) is 0 Å². The van der Waals surface area contributed by atoms with E-state index in [0.717, 1.165) is 3.57 Å². The molecule has 7 heteroatoms. The summed E-state index contributed by atoms with van der Waals surface area (Å²) in [6.07, 6.45) is 0.126. The molecule has 0 radical (unpaired) electrons. The van der Waals surface area contributed by atoms with Crippen molar-refractivity contribution in [2.75, 3.05) is 5.32 Å². The Labute approximate surface area is 150 Å². The Morgan fingerprint density at radius 3 is 2.71 bits per heavy atom. The molecule has 0 aliphatic rings. The third-order valence-electron chi connectivity index (χ3n) is 3.58. The summed E-state index contributed by atoms with van der Waals surface area (Å²) in [7, 11) is 0. The Hall–Kier alpha value is -2.42. The maximum Gasteiger partial charge on any atom is 0.328 e. The largest absolute Gasteiger partial charge is 0.328 e. The highest BCUT2D eigenvalue weighted by Crippen LogP contribution is 2.13. The van der Waals surface area contributed by atoms with Crippen LogP contribution in [0.4, 0.5) is 5.69 Å². The normalized spacial score (nSPS) is 10.7. The second-order valence-corrected chi connectivity index (χ2v) is 6.48. The first-order chi connectivity index (χ1) is 11.5. The molecule has 3 aromatic rings. The van der Waals surface area contributed by atoms with Crippen LogP contribution in [0.25, 0.3) is 10.9 Å². The van der Waals surface area contributed by atoms with Crippen molar-refractivity contribution >= 4 is 45.1 Å². The number of aromatic amines is 1. The van der Waals surface area contributed by atoms with Crippen LogP contribution in [-0.4, -0.2) is 15.5 Å². The van der Waals surface area contributed by atoms with E-state index in [1.165, 1.54) is 4.57 Å². The van der Waals surface area contributed by atoms with Gasteiger partial charge in [-0.05, 0) is 52.9 Å². The van der Waals surface area contributed by atoms with Crippen molar-refractivity contribution in [1.29, 1.82) is 0 Å². The molecule has 6 nitrogen and oxygen atoms in total. The van der Waals surface area contributed by atoms with Crippen LogP contribution in [-0.2, 0) is 11.3 Å². The molecule has 0 unspecified atom stereocenters. The summed E-state index contributed by atoms with van der Waals surface area (Å²) < 4.78 is 2.43. The number of benzene rings is 2. The van der Waals surface area contributed by atoms with E-state index in [2.05, 4.69) is 32.9 Å². The zero-order valence-corrected chi connectivity index (χ0v) is 14.7. The summed E-state index contributed by atoms with van der Waals surface area (Å²) in [6, 6.07) is 14.3. The van der Waals surface area contributed by atoms with Crippen LogP contribution in [0.3, 0.4) is 0 Å². The number of nitrogens with zero attached hydrogens (tertiary/aromatic N) is 1. The SMILES string of the molecule is O=C(CCn1c(=O)[nH]c(=O)c2ccccc21)Nc1cccc(I)c1. The summed E-state index contributed by atoms with van der Waals surface area (Å²) in [5.41, 5.74) is 0.301. The lowest BCUT2D eigenvalue weighted by atomic mass is 10.2. The van der Waals surface area contributed by atoms with Crippen molar-refractivity contribution in [2.24, 2.45) is 0 Å². The molecule has 0 bridgehead atoms. The topological polar surface area (TPSA) is 84.0 Å². The minimum Gasteiger partial charge on any atom is -0.326 e. The zero-order chi connectivity index (χ0) is 17.1. The van der Waals surface area contributed by atoms with Crippen LogP contribution in [0, 0.1) is 3.57 Å². The number of fused-ring (bicyclic) bond motifs is 1. The van der Waals surface area contributed by atoms with E-state index < -0.39 is 11.2 Å². The Kier molecular flexibility index (Phi) is 4.79. The number of carbonyl (C=O) groups excluding carboxylic acids is 1. The minimum atomic E-state index is -0.513. The zero-order valence-electron chi connectivity index (χ0n) is 12.6. The molecule has 0 saturated carbocycles. The Balaban J connectivity index is 1.80. The van der Waals surface area contributed by atoms with Crippen molar-refractivity contribution in [1.82, 2.24) is 9.55 Å². The maximum atomic E-state index is 12.1. The lowest BCUT2D eigenvalue weighted by Gasteiger charge is -2.10. The average molecular weight is 435 g/mol. The Bertz CT molecular complexity index is 1020. The van der Waals surface area contributed by atoms with Crippen molar-refractivity contribution in [2.45, 2.75) is 13.0 Å². The van der Waals surface area contributed by atoms with Gasteiger partial charge in [0.2, 0.25) is 5.91 Å². The van der Waals surface area contributed by atoms with E-state index in [9.17, 15) is 14.4 Å². The molecule has 0 aliphatic carbocycles. The monoisotopic (exact) mass is 435 g/mol. The van der Waals surface area contributed by atoms with Gasteiger partial charge in [0, 0.05) is 22.2 Å². The molecular formula is C17H14IN3O3. The number of para-hydroxylation sites is 1. The molecule has 1 heterocycles. The van der Waals surface area contributed by atoms with E-state index in [1.54, 1.807) is 24.3 Å².